The van der Waals surface area contributed by atoms with Crippen molar-refractivity contribution in [3.8, 4) is 16.9 Å². The average molecular weight is 258 g/mol. The molecule has 0 amide bonds. The van der Waals surface area contributed by atoms with E-state index in [1.165, 1.54) is 27.8 Å². The van der Waals surface area contributed by atoms with Crippen LogP contribution in [0, 0.1) is 0 Å². The maximum Gasteiger partial charge on any atom is 0.131 e. The summed E-state index contributed by atoms with van der Waals surface area (Å²) in [5.41, 5.74) is 6.94. The Bertz CT molecular complexity index is 560. The van der Waals surface area contributed by atoms with E-state index in [2.05, 4.69) is 38.1 Å². The van der Waals surface area contributed by atoms with Crippen LogP contribution in [-0.4, -0.2) is 7.11 Å². The Morgan fingerprint density at radius 3 is 2.61 bits per heavy atom. The Balaban J connectivity index is 2.28. The summed E-state index contributed by atoms with van der Waals surface area (Å²) in [6.07, 6.45) is 0. The Morgan fingerprint density at radius 1 is 1.11 bits per heavy atom. The van der Waals surface area contributed by atoms with Gasteiger partial charge in [0.15, 0.2) is 0 Å². The van der Waals surface area contributed by atoms with E-state index in [0.29, 0.717) is 5.92 Å². The van der Waals surface area contributed by atoms with Crippen LogP contribution in [0.2, 0.25) is 0 Å². The lowest BCUT2D eigenvalue weighted by atomic mass is 10.0. The summed E-state index contributed by atoms with van der Waals surface area (Å²) in [6.45, 7) is 4.47. The molecule has 94 valence electrons. The van der Waals surface area contributed by atoms with Gasteiger partial charge in [0.25, 0.3) is 0 Å². The number of fused-ring (bicyclic) bond motifs is 3. The van der Waals surface area contributed by atoms with Crippen LogP contribution in [0.4, 0.5) is 0 Å². The molecule has 0 spiro atoms. The normalized spacial score (nSPS) is 14.2. The molecule has 1 nitrogen and oxygen atoms in total. The van der Waals surface area contributed by atoms with Gasteiger partial charge in [0, 0.05) is 22.6 Å². The fraction of sp³-hybridized carbons (Fsp3) is 0.375. The zero-order chi connectivity index (χ0) is 12.7. The lowest BCUT2D eigenvalue weighted by molar-refractivity contribution is 0.414. The predicted molar refractivity (Wildman–Crippen MR) is 78.7 cm³/mol. The van der Waals surface area contributed by atoms with Gasteiger partial charge in [-0.25, -0.2) is 0 Å². The van der Waals surface area contributed by atoms with Crippen LogP contribution in [-0.2, 0) is 11.5 Å². The van der Waals surface area contributed by atoms with E-state index in [0.717, 1.165) is 17.3 Å². The highest BCUT2D eigenvalue weighted by Gasteiger charge is 2.27. The van der Waals surface area contributed by atoms with Gasteiger partial charge in [-0.05, 0) is 28.7 Å². The molecule has 3 rings (SSSR count). The van der Waals surface area contributed by atoms with Gasteiger partial charge < -0.3 is 4.74 Å². The van der Waals surface area contributed by atoms with Crippen LogP contribution in [0.15, 0.2) is 24.3 Å². The van der Waals surface area contributed by atoms with Gasteiger partial charge in [0.05, 0.1) is 7.11 Å². The summed E-state index contributed by atoms with van der Waals surface area (Å²) in [5.74, 6) is 3.86. The Labute approximate surface area is 113 Å². The number of hydrogen-bond donors (Lipinski definition) is 0. The minimum absolute atomic E-state index is 0.546. The Hall–Kier alpha value is -1.15. The highest BCUT2D eigenvalue weighted by Crippen LogP contribution is 2.49. The average Bonchev–Trinajstić information content (AvgIpc) is 2.82. The Kier molecular flexibility index (Phi) is 2.98. The quantitative estimate of drug-likeness (QED) is 0.774. The van der Waals surface area contributed by atoms with Crippen molar-refractivity contribution < 1.29 is 4.74 Å². The number of methoxy groups -OCH3 is 1. The number of rotatable bonds is 2. The van der Waals surface area contributed by atoms with E-state index in [9.17, 15) is 0 Å². The van der Waals surface area contributed by atoms with Gasteiger partial charge in [-0.3, -0.25) is 0 Å². The van der Waals surface area contributed by atoms with Gasteiger partial charge in [0.1, 0.15) is 5.75 Å². The van der Waals surface area contributed by atoms with E-state index in [1.807, 2.05) is 11.8 Å². The molecule has 0 aromatic carbocycles. The van der Waals surface area contributed by atoms with Gasteiger partial charge >= 0.3 is 0 Å². The van der Waals surface area contributed by atoms with Crippen LogP contribution < -0.4 is 4.74 Å². The van der Waals surface area contributed by atoms with Crippen molar-refractivity contribution in [3.63, 3.8) is 0 Å². The van der Waals surface area contributed by atoms with Gasteiger partial charge in [-0.1, -0.05) is 32.0 Å². The zero-order valence-corrected chi connectivity index (χ0v) is 11.9. The first kappa shape index (κ1) is 11.9. The molecular weight excluding hydrogens is 240 g/mol. The van der Waals surface area contributed by atoms with E-state index in [1.54, 1.807) is 7.11 Å². The highest BCUT2D eigenvalue weighted by molar-refractivity contribution is 7.98. The third-order valence-corrected chi connectivity index (χ3v) is 4.71. The highest BCUT2D eigenvalue weighted by atomic mass is 32.2. The zero-order valence-electron chi connectivity index (χ0n) is 11.1. The molecule has 0 unspecified atom stereocenters. The fourth-order valence-corrected chi connectivity index (χ4v) is 3.86. The molecule has 2 heteroatoms. The first-order valence-corrected chi connectivity index (χ1v) is 7.57. The summed E-state index contributed by atoms with van der Waals surface area (Å²) >= 11 is 1.98. The second-order valence-corrected chi connectivity index (χ2v) is 6.12. The molecule has 0 atom stereocenters. The minimum atomic E-state index is 0.546. The topological polar surface area (TPSA) is 9.23 Å². The summed E-state index contributed by atoms with van der Waals surface area (Å²) in [6, 6.07) is 8.95. The molecule has 0 saturated carbocycles. The molecule has 0 aromatic heterocycles. The first-order chi connectivity index (χ1) is 8.72. The van der Waals surface area contributed by atoms with Crippen molar-refractivity contribution in [2.24, 2.45) is 0 Å². The molecule has 0 bridgehead atoms. The minimum Gasteiger partial charge on any atom is -0.496 e. The summed E-state index contributed by atoms with van der Waals surface area (Å²) in [7, 11) is 1.79. The molecule has 2 aliphatic carbocycles. The monoisotopic (exact) mass is 258 g/mol. The molecular formula is C16H18OS. The summed E-state index contributed by atoms with van der Waals surface area (Å²) in [5, 5.41) is 0. The third kappa shape index (κ3) is 1.71. The van der Waals surface area contributed by atoms with Gasteiger partial charge in [-0.2, -0.15) is 11.8 Å². The molecule has 0 N–H and O–H groups in total. The van der Waals surface area contributed by atoms with Crippen LogP contribution in [0.5, 0.6) is 5.75 Å². The van der Waals surface area contributed by atoms with Crippen molar-refractivity contribution in [2.75, 3.05) is 7.11 Å². The van der Waals surface area contributed by atoms with Crippen LogP contribution in [0.25, 0.3) is 11.1 Å². The molecule has 0 aromatic rings. The van der Waals surface area contributed by atoms with Crippen LogP contribution >= 0.6 is 11.8 Å². The predicted octanol–water partition coefficient (Wildman–Crippen LogP) is 4.67. The lowest BCUT2D eigenvalue weighted by Crippen LogP contribution is -1.87. The second kappa shape index (κ2) is 4.51. The molecule has 0 saturated heterocycles. The third-order valence-electron chi connectivity index (χ3n) is 3.72. The lowest BCUT2D eigenvalue weighted by Gasteiger charge is -2.06. The van der Waals surface area contributed by atoms with Crippen molar-refractivity contribution >= 4 is 11.8 Å². The van der Waals surface area contributed by atoms with Crippen molar-refractivity contribution in [2.45, 2.75) is 31.3 Å². The largest absolute Gasteiger partial charge is 0.496 e. The molecule has 18 heavy (non-hydrogen) atoms. The molecule has 1 aliphatic heterocycles. The maximum absolute atomic E-state index is 5.67. The van der Waals surface area contributed by atoms with E-state index >= 15 is 0 Å². The van der Waals surface area contributed by atoms with E-state index < -0.39 is 0 Å². The number of hydrogen-bond acceptors (Lipinski definition) is 2. The first-order valence-electron chi connectivity index (χ1n) is 6.41. The van der Waals surface area contributed by atoms with Gasteiger partial charge in [-0.15, -0.1) is 0 Å². The van der Waals surface area contributed by atoms with E-state index in [4.69, 9.17) is 4.74 Å². The summed E-state index contributed by atoms with van der Waals surface area (Å²) in [4.78, 5) is 0. The number of ether oxygens (including phenoxy) is 1. The number of thioether (sulfide) groups is 1. The van der Waals surface area contributed by atoms with E-state index in [-0.39, 0.29) is 0 Å². The van der Waals surface area contributed by atoms with Crippen LogP contribution in [0.1, 0.15) is 36.5 Å². The van der Waals surface area contributed by atoms with Crippen molar-refractivity contribution in [1.82, 2.24) is 0 Å². The standard InChI is InChI=1S/C16H18OS/c1-10(2)11-5-4-6-12-13(7-11)16(17-3)15-9-18-8-14(12)15/h4-7,10H,8-9H2,1-3H3. The Morgan fingerprint density at radius 2 is 1.89 bits per heavy atom. The molecule has 0 radical (unpaired) electrons. The molecule has 3 aliphatic rings. The maximum atomic E-state index is 5.67. The second-order valence-electron chi connectivity index (χ2n) is 5.14. The smallest absolute Gasteiger partial charge is 0.131 e. The molecule has 1 heterocycles. The summed E-state index contributed by atoms with van der Waals surface area (Å²) < 4.78 is 5.67. The van der Waals surface area contributed by atoms with Gasteiger partial charge in [0.2, 0.25) is 0 Å². The van der Waals surface area contributed by atoms with Crippen LogP contribution in [0.3, 0.4) is 0 Å². The fourth-order valence-electron chi connectivity index (χ4n) is 2.72. The van der Waals surface area contributed by atoms with Crippen molar-refractivity contribution in [3.05, 3.63) is 41.0 Å². The van der Waals surface area contributed by atoms with Crippen molar-refractivity contribution in [1.29, 1.82) is 0 Å². The SMILES string of the molecule is COc1c2cc(C(C)C)cccc-2c2c1CSC2. The molecule has 0 fully saturated rings.